The molecule has 4 atom stereocenters. The highest BCUT2D eigenvalue weighted by molar-refractivity contribution is 6.40. The standard InChI is InChI=1S/C27H18Cl4FNO4/c28-15-2-1-3-16(29)23(15)25(34)33-19(26(35)36)6-11-4-5-13(22-17(30)7-12(32)8-18(22)31)24-21(11)14-9-27(14)10-20(27)37-24/h1-5,7-8,14,19-20H,6,9-10H2,(H,33,34)(H,35,36)/t14-,19+,20?,27?/m1/s1. The van der Waals surface area contributed by atoms with Gasteiger partial charge in [-0.1, -0.05) is 64.6 Å². The summed E-state index contributed by atoms with van der Waals surface area (Å²) in [6.07, 6.45) is 1.94. The van der Waals surface area contributed by atoms with Crippen molar-refractivity contribution in [3.8, 4) is 16.9 Å². The van der Waals surface area contributed by atoms with Crippen LogP contribution in [0, 0.1) is 11.2 Å². The van der Waals surface area contributed by atoms with E-state index in [0.717, 1.165) is 24.0 Å². The second kappa shape index (κ2) is 8.77. The molecule has 0 radical (unpaired) electrons. The lowest BCUT2D eigenvalue weighted by molar-refractivity contribution is -0.139. The zero-order valence-corrected chi connectivity index (χ0v) is 22.0. The van der Waals surface area contributed by atoms with Gasteiger partial charge in [0.1, 0.15) is 23.7 Å². The summed E-state index contributed by atoms with van der Waals surface area (Å²) in [6.45, 7) is 0. The van der Waals surface area contributed by atoms with Gasteiger partial charge in [-0.05, 0) is 48.6 Å². The molecule has 1 heterocycles. The van der Waals surface area contributed by atoms with Gasteiger partial charge in [0, 0.05) is 28.5 Å². The number of halogens is 5. The van der Waals surface area contributed by atoms with Crippen LogP contribution in [0.5, 0.6) is 5.75 Å². The first-order chi connectivity index (χ1) is 17.6. The normalized spacial score (nSPS) is 23.2. The molecule has 3 aliphatic rings. The minimum atomic E-state index is -1.25. The number of hydrogen-bond acceptors (Lipinski definition) is 3. The quantitative estimate of drug-likeness (QED) is 0.324. The average Bonchev–Trinajstić information content (AvgIpc) is 3.70. The van der Waals surface area contributed by atoms with E-state index in [1.807, 2.05) is 0 Å². The van der Waals surface area contributed by atoms with E-state index >= 15 is 0 Å². The molecule has 0 bridgehead atoms. The molecule has 2 aliphatic carbocycles. The highest BCUT2D eigenvalue weighted by atomic mass is 35.5. The van der Waals surface area contributed by atoms with E-state index in [1.54, 1.807) is 18.2 Å². The van der Waals surface area contributed by atoms with Crippen molar-refractivity contribution in [3.63, 3.8) is 0 Å². The predicted octanol–water partition coefficient (Wildman–Crippen LogP) is 7.17. The van der Waals surface area contributed by atoms with Crippen molar-refractivity contribution in [2.75, 3.05) is 0 Å². The molecule has 37 heavy (non-hydrogen) atoms. The molecule has 1 aliphatic heterocycles. The zero-order valence-electron chi connectivity index (χ0n) is 19.0. The fourth-order valence-electron chi connectivity index (χ4n) is 5.57. The van der Waals surface area contributed by atoms with E-state index in [9.17, 15) is 19.1 Å². The average molecular weight is 581 g/mol. The number of rotatable bonds is 6. The van der Waals surface area contributed by atoms with E-state index in [4.69, 9.17) is 51.1 Å². The first-order valence-electron chi connectivity index (χ1n) is 11.6. The van der Waals surface area contributed by atoms with Crippen molar-refractivity contribution in [2.45, 2.75) is 37.3 Å². The molecule has 3 aromatic carbocycles. The zero-order chi connectivity index (χ0) is 26.2. The molecule has 0 saturated heterocycles. The van der Waals surface area contributed by atoms with Crippen LogP contribution >= 0.6 is 46.4 Å². The molecule has 2 saturated carbocycles. The maximum Gasteiger partial charge on any atom is 0.326 e. The van der Waals surface area contributed by atoms with Gasteiger partial charge in [0.2, 0.25) is 0 Å². The summed E-state index contributed by atoms with van der Waals surface area (Å²) in [5.41, 5.74) is 2.81. The lowest BCUT2D eigenvalue weighted by atomic mass is 9.89. The topological polar surface area (TPSA) is 75.6 Å². The van der Waals surface area contributed by atoms with Crippen molar-refractivity contribution in [1.82, 2.24) is 5.32 Å². The van der Waals surface area contributed by atoms with Gasteiger partial charge in [-0.25, -0.2) is 9.18 Å². The third-order valence-corrected chi connectivity index (χ3v) is 8.78. The Morgan fingerprint density at radius 2 is 1.73 bits per heavy atom. The molecular weight excluding hydrogens is 563 g/mol. The van der Waals surface area contributed by atoms with Crippen LogP contribution in [0.25, 0.3) is 11.1 Å². The Hall–Kier alpha value is -2.51. The van der Waals surface area contributed by atoms with Gasteiger partial charge >= 0.3 is 5.97 Å². The summed E-state index contributed by atoms with van der Waals surface area (Å²) in [6, 6.07) is 9.30. The Morgan fingerprint density at radius 1 is 1.05 bits per heavy atom. The summed E-state index contributed by atoms with van der Waals surface area (Å²) in [5, 5.41) is 13.1. The van der Waals surface area contributed by atoms with E-state index in [1.165, 1.54) is 24.3 Å². The van der Waals surface area contributed by atoms with Crippen molar-refractivity contribution >= 4 is 58.3 Å². The number of carboxylic acids is 1. The van der Waals surface area contributed by atoms with Gasteiger partial charge in [-0.3, -0.25) is 4.79 Å². The molecule has 3 aromatic rings. The van der Waals surface area contributed by atoms with Crippen LogP contribution in [0.2, 0.25) is 20.1 Å². The highest BCUT2D eigenvalue weighted by Gasteiger charge is 2.75. The molecule has 2 unspecified atom stereocenters. The van der Waals surface area contributed by atoms with Gasteiger partial charge in [0.15, 0.2) is 0 Å². The first kappa shape index (κ1) is 24.8. The Morgan fingerprint density at radius 3 is 2.38 bits per heavy atom. The maximum atomic E-state index is 13.9. The Kier molecular flexibility index (Phi) is 5.88. The Balaban J connectivity index is 1.38. The van der Waals surface area contributed by atoms with Crippen molar-refractivity contribution in [3.05, 3.63) is 85.1 Å². The second-order valence-electron chi connectivity index (χ2n) is 9.73. The molecule has 6 rings (SSSR count). The van der Waals surface area contributed by atoms with Crippen LogP contribution in [0.1, 0.15) is 40.2 Å². The number of benzene rings is 3. The van der Waals surface area contributed by atoms with Crippen LogP contribution in [0.4, 0.5) is 4.39 Å². The van der Waals surface area contributed by atoms with Crippen LogP contribution < -0.4 is 10.1 Å². The molecule has 2 N–H and O–H groups in total. The number of hydrogen-bond donors (Lipinski definition) is 2. The number of amides is 1. The Labute approximate surface area is 231 Å². The van der Waals surface area contributed by atoms with E-state index in [2.05, 4.69) is 5.32 Å². The fraction of sp³-hybridized carbons (Fsp3) is 0.259. The lowest BCUT2D eigenvalue weighted by Gasteiger charge is -2.25. The molecule has 10 heteroatoms. The summed E-state index contributed by atoms with van der Waals surface area (Å²) in [7, 11) is 0. The smallest absolute Gasteiger partial charge is 0.326 e. The third kappa shape index (κ3) is 4.06. The van der Waals surface area contributed by atoms with Gasteiger partial charge < -0.3 is 15.2 Å². The van der Waals surface area contributed by atoms with Gasteiger partial charge in [-0.2, -0.15) is 0 Å². The van der Waals surface area contributed by atoms with Crippen LogP contribution in [-0.2, 0) is 11.2 Å². The van der Waals surface area contributed by atoms with Crippen molar-refractivity contribution in [1.29, 1.82) is 0 Å². The summed E-state index contributed by atoms with van der Waals surface area (Å²) in [4.78, 5) is 25.1. The predicted molar refractivity (Wildman–Crippen MR) is 140 cm³/mol. The van der Waals surface area contributed by atoms with E-state index in [0.29, 0.717) is 16.9 Å². The number of carbonyl (C=O) groups is 2. The van der Waals surface area contributed by atoms with Gasteiger partial charge in [-0.15, -0.1) is 0 Å². The third-order valence-electron chi connectivity index (χ3n) is 7.55. The number of carbonyl (C=O) groups excluding carboxylic acids is 1. The highest BCUT2D eigenvalue weighted by Crippen LogP contribution is 2.80. The monoisotopic (exact) mass is 579 g/mol. The largest absolute Gasteiger partial charge is 0.489 e. The van der Waals surface area contributed by atoms with Crippen molar-refractivity contribution in [2.24, 2.45) is 5.41 Å². The SMILES string of the molecule is O=C(N[C@@H](Cc1ccc(-c2c(Cl)cc(F)cc2Cl)c2c1[C@H]1CC13CC3O2)C(=O)O)c1c(Cl)cccc1Cl. The number of aliphatic carboxylic acids is 1. The van der Waals surface area contributed by atoms with E-state index < -0.39 is 23.7 Å². The van der Waals surface area contributed by atoms with Gasteiger partial charge in [0.25, 0.3) is 5.91 Å². The number of ether oxygens (including phenoxy) is 1. The fourth-order valence-corrected chi connectivity index (χ4v) is 6.80. The minimum absolute atomic E-state index is 0.0112. The van der Waals surface area contributed by atoms with Crippen LogP contribution in [0.15, 0.2) is 42.5 Å². The molecule has 0 aromatic heterocycles. The molecular formula is C27H18Cl4FNO4. The molecule has 1 amide bonds. The molecule has 1 spiro atoms. The summed E-state index contributed by atoms with van der Waals surface area (Å²) < 4.78 is 20.2. The maximum absolute atomic E-state index is 13.9. The van der Waals surface area contributed by atoms with Gasteiger partial charge in [0.05, 0.1) is 25.7 Å². The van der Waals surface area contributed by atoms with Crippen LogP contribution in [-0.4, -0.2) is 29.1 Å². The molecule has 2 fully saturated rings. The van der Waals surface area contributed by atoms with Crippen molar-refractivity contribution < 1.29 is 23.8 Å². The number of carboxylic acid groups (broad SMARTS) is 1. The Bertz CT molecular complexity index is 1470. The summed E-state index contributed by atoms with van der Waals surface area (Å²) >= 11 is 25.1. The van der Waals surface area contributed by atoms with Crippen LogP contribution in [0.3, 0.4) is 0 Å². The molecule has 5 nitrogen and oxygen atoms in total. The minimum Gasteiger partial charge on any atom is -0.489 e. The summed E-state index contributed by atoms with van der Waals surface area (Å²) in [5.74, 6) is -1.65. The second-order valence-corrected chi connectivity index (χ2v) is 11.4. The number of fused-ring (bicyclic) bond motifs is 2. The molecule has 190 valence electrons. The van der Waals surface area contributed by atoms with E-state index in [-0.39, 0.29) is 49.5 Å². The lowest BCUT2D eigenvalue weighted by Crippen LogP contribution is -2.42. The number of nitrogens with one attached hydrogen (secondary N) is 1. The first-order valence-corrected chi connectivity index (χ1v) is 13.1.